The molecule has 0 atom stereocenters. The van der Waals surface area contributed by atoms with E-state index in [0.29, 0.717) is 13.2 Å². The molecular weight excluding hydrogens is 194 g/mol. The van der Waals surface area contributed by atoms with E-state index in [9.17, 15) is 5.11 Å². The van der Waals surface area contributed by atoms with Crippen molar-refractivity contribution in [2.75, 3.05) is 46.6 Å². The number of rotatable bonds is 8. The van der Waals surface area contributed by atoms with Crippen molar-refractivity contribution in [2.45, 2.75) is 25.4 Å². The van der Waals surface area contributed by atoms with E-state index in [1.165, 1.54) is 0 Å². The van der Waals surface area contributed by atoms with Gasteiger partial charge in [0.05, 0.1) is 18.8 Å². The van der Waals surface area contributed by atoms with Crippen molar-refractivity contribution in [1.82, 2.24) is 4.90 Å². The van der Waals surface area contributed by atoms with Crippen molar-refractivity contribution in [3.05, 3.63) is 0 Å². The minimum Gasteiger partial charge on any atom is -0.387 e. The van der Waals surface area contributed by atoms with Crippen LogP contribution in [-0.2, 0) is 9.47 Å². The highest BCUT2D eigenvalue weighted by Crippen LogP contribution is 2.23. The highest BCUT2D eigenvalue weighted by molar-refractivity contribution is 4.93. The lowest BCUT2D eigenvalue weighted by Crippen LogP contribution is -2.61. The summed E-state index contributed by atoms with van der Waals surface area (Å²) in [5.74, 6) is 0. The van der Waals surface area contributed by atoms with E-state index < -0.39 is 5.60 Å². The zero-order chi connectivity index (χ0) is 11.1. The predicted molar refractivity (Wildman–Crippen MR) is 59.0 cm³/mol. The Morgan fingerprint density at radius 3 is 2.60 bits per heavy atom. The zero-order valence-electron chi connectivity index (χ0n) is 9.87. The molecule has 1 N–H and O–H groups in total. The first-order chi connectivity index (χ1) is 7.20. The van der Waals surface area contributed by atoms with Crippen molar-refractivity contribution < 1.29 is 14.6 Å². The van der Waals surface area contributed by atoms with E-state index in [0.717, 1.165) is 39.1 Å². The van der Waals surface area contributed by atoms with Crippen LogP contribution in [0.4, 0.5) is 0 Å². The first-order valence-corrected chi connectivity index (χ1v) is 5.71. The fourth-order valence-corrected chi connectivity index (χ4v) is 1.80. The van der Waals surface area contributed by atoms with Crippen LogP contribution in [-0.4, -0.2) is 62.2 Å². The normalized spacial score (nSPS) is 20.2. The molecule has 0 unspecified atom stereocenters. The minimum atomic E-state index is -0.406. The van der Waals surface area contributed by atoms with Gasteiger partial charge in [0.15, 0.2) is 0 Å². The highest BCUT2D eigenvalue weighted by Gasteiger charge is 2.38. The molecule has 0 bridgehead atoms. The van der Waals surface area contributed by atoms with Gasteiger partial charge in [0.25, 0.3) is 0 Å². The van der Waals surface area contributed by atoms with E-state index in [1.807, 2.05) is 6.92 Å². The lowest BCUT2D eigenvalue weighted by Gasteiger charge is -2.46. The van der Waals surface area contributed by atoms with Gasteiger partial charge < -0.3 is 14.6 Å². The van der Waals surface area contributed by atoms with Crippen LogP contribution in [0.25, 0.3) is 0 Å². The predicted octanol–water partition coefficient (Wildman–Crippen LogP) is 0.496. The molecule has 4 heteroatoms. The van der Waals surface area contributed by atoms with Crippen LogP contribution in [0.1, 0.15) is 19.8 Å². The van der Waals surface area contributed by atoms with Crippen LogP contribution in [0.5, 0.6) is 0 Å². The highest BCUT2D eigenvalue weighted by atomic mass is 16.5. The number of nitrogens with zero attached hydrogens (tertiary/aromatic N) is 1. The Balaban J connectivity index is 1.86. The lowest BCUT2D eigenvalue weighted by molar-refractivity contribution is -0.101. The molecular formula is C11H23NO3. The molecule has 0 aliphatic carbocycles. The Bertz CT molecular complexity index is 169. The Morgan fingerprint density at radius 2 is 2.00 bits per heavy atom. The molecule has 0 aromatic heterocycles. The van der Waals surface area contributed by atoms with Crippen molar-refractivity contribution in [1.29, 1.82) is 0 Å². The molecule has 4 nitrogen and oxygen atoms in total. The van der Waals surface area contributed by atoms with Gasteiger partial charge in [0.1, 0.15) is 0 Å². The quantitative estimate of drug-likeness (QED) is 0.601. The third kappa shape index (κ3) is 4.47. The summed E-state index contributed by atoms with van der Waals surface area (Å²) in [6.45, 7) is 6.82. The fourth-order valence-electron chi connectivity index (χ4n) is 1.80. The Kier molecular flexibility index (Phi) is 5.53. The standard InChI is InChI=1S/C11H23NO3/c1-3-11(13)9-12(10-11)5-4-6-15-8-7-14-2/h13H,3-10H2,1-2H3. The van der Waals surface area contributed by atoms with Gasteiger partial charge in [-0.25, -0.2) is 0 Å². The number of ether oxygens (including phenoxy) is 2. The molecule has 90 valence electrons. The number of likely N-dealkylation sites (tertiary alicyclic amines) is 1. The van der Waals surface area contributed by atoms with Crippen molar-refractivity contribution in [3.8, 4) is 0 Å². The summed E-state index contributed by atoms with van der Waals surface area (Å²) in [6, 6.07) is 0. The summed E-state index contributed by atoms with van der Waals surface area (Å²) in [5.41, 5.74) is -0.406. The number of hydrogen-bond acceptors (Lipinski definition) is 4. The first-order valence-electron chi connectivity index (χ1n) is 5.71. The third-order valence-corrected chi connectivity index (χ3v) is 2.89. The van der Waals surface area contributed by atoms with Crippen LogP contribution in [0.3, 0.4) is 0 Å². The summed E-state index contributed by atoms with van der Waals surface area (Å²) >= 11 is 0. The second-order valence-corrected chi connectivity index (χ2v) is 4.25. The maximum atomic E-state index is 9.77. The summed E-state index contributed by atoms with van der Waals surface area (Å²) in [6.07, 6.45) is 1.89. The molecule has 15 heavy (non-hydrogen) atoms. The summed E-state index contributed by atoms with van der Waals surface area (Å²) < 4.78 is 10.2. The Morgan fingerprint density at radius 1 is 1.27 bits per heavy atom. The molecule has 0 spiro atoms. The van der Waals surface area contributed by atoms with Crippen molar-refractivity contribution >= 4 is 0 Å². The smallest absolute Gasteiger partial charge is 0.0897 e. The average Bonchev–Trinajstić information content (AvgIpc) is 2.20. The van der Waals surface area contributed by atoms with Gasteiger partial charge >= 0.3 is 0 Å². The van der Waals surface area contributed by atoms with Gasteiger partial charge in [0, 0.05) is 33.4 Å². The zero-order valence-corrected chi connectivity index (χ0v) is 9.87. The molecule has 0 aromatic rings. The first kappa shape index (κ1) is 12.9. The SMILES string of the molecule is CCC1(O)CN(CCCOCCOC)C1. The van der Waals surface area contributed by atoms with Crippen LogP contribution in [0.2, 0.25) is 0 Å². The van der Waals surface area contributed by atoms with Gasteiger partial charge in [-0.3, -0.25) is 4.90 Å². The molecule has 0 amide bonds. The number of aliphatic hydroxyl groups is 1. The third-order valence-electron chi connectivity index (χ3n) is 2.89. The van der Waals surface area contributed by atoms with Crippen molar-refractivity contribution in [3.63, 3.8) is 0 Å². The molecule has 1 aliphatic heterocycles. The second kappa shape index (κ2) is 6.43. The van der Waals surface area contributed by atoms with Crippen LogP contribution in [0.15, 0.2) is 0 Å². The molecule has 1 aliphatic rings. The molecule has 0 radical (unpaired) electrons. The average molecular weight is 217 g/mol. The van der Waals surface area contributed by atoms with Crippen LogP contribution in [0, 0.1) is 0 Å². The van der Waals surface area contributed by atoms with Gasteiger partial charge in [-0.2, -0.15) is 0 Å². The van der Waals surface area contributed by atoms with Crippen molar-refractivity contribution in [2.24, 2.45) is 0 Å². The summed E-state index contributed by atoms with van der Waals surface area (Å²) in [4.78, 5) is 2.27. The van der Waals surface area contributed by atoms with E-state index in [4.69, 9.17) is 9.47 Å². The van der Waals surface area contributed by atoms with E-state index in [2.05, 4.69) is 4.90 Å². The monoisotopic (exact) mass is 217 g/mol. The Labute approximate surface area is 92.2 Å². The summed E-state index contributed by atoms with van der Waals surface area (Å²) in [5, 5.41) is 9.77. The van der Waals surface area contributed by atoms with E-state index in [1.54, 1.807) is 7.11 Å². The maximum absolute atomic E-state index is 9.77. The largest absolute Gasteiger partial charge is 0.387 e. The minimum absolute atomic E-state index is 0.406. The van der Waals surface area contributed by atoms with Gasteiger partial charge in [-0.15, -0.1) is 0 Å². The number of hydrogen-bond donors (Lipinski definition) is 1. The lowest BCUT2D eigenvalue weighted by atomic mass is 9.91. The molecule has 0 saturated carbocycles. The molecule has 1 rings (SSSR count). The number of methoxy groups -OCH3 is 1. The summed E-state index contributed by atoms with van der Waals surface area (Å²) in [7, 11) is 1.68. The van der Waals surface area contributed by atoms with E-state index >= 15 is 0 Å². The van der Waals surface area contributed by atoms with Gasteiger partial charge in [-0.05, 0) is 12.8 Å². The fraction of sp³-hybridized carbons (Fsp3) is 1.00. The second-order valence-electron chi connectivity index (χ2n) is 4.25. The van der Waals surface area contributed by atoms with Gasteiger partial charge in [-0.1, -0.05) is 6.92 Å². The topological polar surface area (TPSA) is 41.9 Å². The molecule has 1 heterocycles. The van der Waals surface area contributed by atoms with Crippen LogP contribution >= 0.6 is 0 Å². The molecule has 1 fully saturated rings. The molecule has 1 saturated heterocycles. The number of β-amino-alcohol motifs (C(OH)–C–C–N with tert-alkyl or cyclic N) is 1. The molecule has 0 aromatic carbocycles. The van der Waals surface area contributed by atoms with Crippen LogP contribution < -0.4 is 0 Å². The van der Waals surface area contributed by atoms with E-state index in [-0.39, 0.29) is 0 Å². The van der Waals surface area contributed by atoms with Gasteiger partial charge in [0.2, 0.25) is 0 Å². The maximum Gasteiger partial charge on any atom is 0.0897 e. The Hall–Kier alpha value is -0.160.